The van der Waals surface area contributed by atoms with Crippen molar-refractivity contribution < 1.29 is 27.9 Å². The molecule has 2 N–H and O–H groups in total. The van der Waals surface area contributed by atoms with Crippen LogP contribution in [0, 0.1) is 0 Å². The molecule has 0 fully saturated rings. The fourth-order valence-corrected chi connectivity index (χ4v) is 4.19. The summed E-state index contributed by atoms with van der Waals surface area (Å²) >= 11 is 0. The SMILES string of the molecule is O=C1NCC/C=C/Cc2ccc3c(C(=O)C(F)(F)F)cn(c3c2)CCCCCn2cc(O)c(=O)c1n2. The van der Waals surface area contributed by atoms with E-state index in [1.165, 1.54) is 17.1 Å². The molecule has 1 amide bonds. The number of nitrogens with zero attached hydrogens (tertiary/aromatic N) is 3. The Bertz CT molecular complexity index is 1390. The first-order valence-corrected chi connectivity index (χ1v) is 11.6. The molecule has 0 atom stereocenters. The van der Waals surface area contributed by atoms with Gasteiger partial charge in [-0.25, -0.2) is 0 Å². The van der Waals surface area contributed by atoms with E-state index in [0.29, 0.717) is 50.7 Å². The van der Waals surface area contributed by atoms with Crippen LogP contribution in [0.5, 0.6) is 5.75 Å². The van der Waals surface area contributed by atoms with Crippen molar-refractivity contribution in [2.45, 2.75) is 51.4 Å². The van der Waals surface area contributed by atoms with Crippen molar-refractivity contribution in [1.82, 2.24) is 19.7 Å². The van der Waals surface area contributed by atoms with Crippen LogP contribution in [0.4, 0.5) is 13.2 Å². The Labute approximate surface area is 204 Å². The summed E-state index contributed by atoms with van der Waals surface area (Å²) in [5, 5.41) is 16.9. The highest BCUT2D eigenvalue weighted by Gasteiger charge is 2.40. The predicted molar refractivity (Wildman–Crippen MR) is 126 cm³/mol. The van der Waals surface area contributed by atoms with Crippen LogP contribution in [0.1, 0.15) is 52.1 Å². The van der Waals surface area contributed by atoms with Crippen LogP contribution in [0.25, 0.3) is 10.9 Å². The van der Waals surface area contributed by atoms with Crippen molar-refractivity contribution in [2.24, 2.45) is 0 Å². The molecule has 4 rings (SSSR count). The third-order valence-electron chi connectivity index (χ3n) is 6.01. The quantitative estimate of drug-likeness (QED) is 0.390. The number of aryl methyl sites for hydroxylation is 2. The number of allylic oxidation sites excluding steroid dienone is 1. The van der Waals surface area contributed by atoms with Crippen LogP contribution >= 0.6 is 0 Å². The summed E-state index contributed by atoms with van der Waals surface area (Å²) in [6.45, 7) is 0.972. The van der Waals surface area contributed by atoms with Crippen molar-refractivity contribution >= 4 is 22.6 Å². The maximum absolute atomic E-state index is 13.2. The number of fused-ring (bicyclic) bond motifs is 3. The van der Waals surface area contributed by atoms with Crippen LogP contribution in [-0.2, 0) is 19.5 Å². The number of benzene rings is 1. The highest BCUT2D eigenvalue weighted by atomic mass is 19.4. The van der Waals surface area contributed by atoms with E-state index < -0.39 is 29.0 Å². The molecule has 3 heterocycles. The number of ketones is 1. The molecular weight excluding hydrogens is 477 g/mol. The first kappa shape index (κ1) is 25.2. The van der Waals surface area contributed by atoms with Crippen molar-refractivity contribution in [3.05, 3.63) is 69.8 Å². The van der Waals surface area contributed by atoms with Crippen LogP contribution < -0.4 is 10.7 Å². The van der Waals surface area contributed by atoms with E-state index in [9.17, 15) is 32.7 Å². The van der Waals surface area contributed by atoms with Crippen LogP contribution in [-0.4, -0.2) is 43.9 Å². The summed E-state index contributed by atoms with van der Waals surface area (Å²) in [4.78, 5) is 36.6. The monoisotopic (exact) mass is 502 g/mol. The van der Waals surface area contributed by atoms with Crippen molar-refractivity contribution in [1.29, 1.82) is 0 Å². The van der Waals surface area contributed by atoms with Gasteiger partial charge >= 0.3 is 6.18 Å². The molecule has 0 unspecified atom stereocenters. The largest absolute Gasteiger partial charge is 0.503 e. The molecule has 4 bridgehead atoms. The van der Waals surface area contributed by atoms with E-state index >= 15 is 0 Å². The lowest BCUT2D eigenvalue weighted by molar-refractivity contribution is -0.0884. The molecule has 190 valence electrons. The van der Waals surface area contributed by atoms with E-state index in [4.69, 9.17) is 0 Å². The van der Waals surface area contributed by atoms with Crippen molar-refractivity contribution in [3.8, 4) is 5.75 Å². The first-order chi connectivity index (χ1) is 17.1. The molecule has 0 radical (unpaired) electrons. The van der Waals surface area contributed by atoms with Gasteiger partial charge in [0.15, 0.2) is 11.4 Å². The molecule has 8 nitrogen and oxygen atoms in total. The number of hydrogen-bond donors (Lipinski definition) is 2. The van der Waals surface area contributed by atoms with E-state index in [-0.39, 0.29) is 23.2 Å². The highest BCUT2D eigenvalue weighted by molar-refractivity contribution is 6.10. The van der Waals surface area contributed by atoms with Gasteiger partial charge in [-0.3, -0.25) is 19.1 Å². The molecule has 36 heavy (non-hydrogen) atoms. The van der Waals surface area contributed by atoms with Gasteiger partial charge in [0.25, 0.3) is 17.1 Å². The molecule has 1 aliphatic rings. The molecule has 3 aromatic rings. The minimum Gasteiger partial charge on any atom is -0.503 e. The van der Waals surface area contributed by atoms with Gasteiger partial charge in [0.2, 0.25) is 0 Å². The average molecular weight is 502 g/mol. The minimum atomic E-state index is -4.96. The van der Waals surface area contributed by atoms with E-state index in [1.807, 2.05) is 12.2 Å². The summed E-state index contributed by atoms with van der Waals surface area (Å²) in [5.74, 6) is -3.10. The van der Waals surface area contributed by atoms with Gasteiger partial charge in [0.05, 0.1) is 11.8 Å². The number of nitrogens with one attached hydrogen (secondary N) is 1. The Morgan fingerprint density at radius 3 is 2.61 bits per heavy atom. The Morgan fingerprint density at radius 1 is 1.06 bits per heavy atom. The van der Waals surface area contributed by atoms with Gasteiger partial charge in [-0.05, 0) is 43.7 Å². The van der Waals surface area contributed by atoms with Crippen molar-refractivity contribution in [2.75, 3.05) is 6.54 Å². The highest BCUT2D eigenvalue weighted by Crippen LogP contribution is 2.30. The molecule has 2 aromatic heterocycles. The number of carbonyl (C=O) groups excluding carboxylic acids is 2. The van der Waals surface area contributed by atoms with Gasteiger partial charge in [-0.2, -0.15) is 18.3 Å². The Kier molecular flexibility index (Phi) is 7.27. The normalized spacial score (nSPS) is 16.7. The van der Waals surface area contributed by atoms with E-state index in [1.54, 1.807) is 22.8 Å². The topological polar surface area (TPSA) is 106 Å². The first-order valence-electron chi connectivity index (χ1n) is 11.6. The molecule has 0 spiro atoms. The average Bonchev–Trinajstić information content (AvgIpc) is 3.19. The Balaban J connectivity index is 1.63. The van der Waals surface area contributed by atoms with Gasteiger partial charge in [-0.15, -0.1) is 0 Å². The molecular formula is C25H25F3N4O4. The van der Waals surface area contributed by atoms with E-state index in [0.717, 1.165) is 5.56 Å². The van der Waals surface area contributed by atoms with E-state index in [2.05, 4.69) is 10.4 Å². The smallest absolute Gasteiger partial charge is 0.454 e. The molecule has 0 saturated carbocycles. The minimum absolute atomic E-state index is 0.247. The summed E-state index contributed by atoms with van der Waals surface area (Å²) < 4.78 is 42.5. The number of aromatic hydroxyl groups is 1. The number of carbonyl (C=O) groups is 2. The van der Waals surface area contributed by atoms with Crippen LogP contribution in [0.3, 0.4) is 0 Å². The summed E-state index contributed by atoms with van der Waals surface area (Å²) in [5.41, 5.74) is -0.155. The zero-order chi connectivity index (χ0) is 25.9. The van der Waals surface area contributed by atoms with Gasteiger partial charge < -0.3 is 15.0 Å². The summed E-state index contributed by atoms with van der Waals surface area (Å²) in [6.07, 6.45) is 4.01. The molecule has 0 aliphatic carbocycles. The fraction of sp³-hybridized carbons (Fsp3) is 0.360. The third kappa shape index (κ3) is 5.50. The molecule has 11 heteroatoms. The fourth-order valence-electron chi connectivity index (χ4n) is 4.19. The maximum Gasteiger partial charge on any atom is 0.454 e. The number of halogens is 3. The Morgan fingerprint density at radius 2 is 1.83 bits per heavy atom. The van der Waals surface area contributed by atoms with Crippen LogP contribution in [0.2, 0.25) is 0 Å². The van der Waals surface area contributed by atoms with Crippen LogP contribution in [0.15, 0.2) is 47.5 Å². The zero-order valence-corrected chi connectivity index (χ0v) is 19.3. The number of rotatable bonds is 1. The van der Waals surface area contributed by atoms with Gasteiger partial charge in [0, 0.05) is 36.7 Å². The second kappa shape index (κ2) is 10.4. The molecule has 1 aliphatic heterocycles. The van der Waals surface area contributed by atoms with Gasteiger partial charge in [0.1, 0.15) is 0 Å². The zero-order valence-electron chi connectivity index (χ0n) is 19.3. The predicted octanol–water partition coefficient (Wildman–Crippen LogP) is 3.75. The number of alkyl halides is 3. The molecule has 0 saturated heterocycles. The second-order valence-electron chi connectivity index (χ2n) is 8.65. The lowest BCUT2D eigenvalue weighted by atomic mass is 10.1. The lowest BCUT2D eigenvalue weighted by Crippen LogP contribution is -2.32. The standard InChI is InChI=1S/C25H25F3N4O4/c26-25(27,28)23(35)18-14-31-11-5-2-6-12-32-15-20(33)22(34)21(30-32)24(36)29-10-4-1-3-7-16-8-9-17(18)19(31)13-16/h1,3,8-9,13-15,33H,2,4-7,10-12H2,(H,29,36)/b3-1+. The van der Waals surface area contributed by atoms with Crippen molar-refractivity contribution in [3.63, 3.8) is 0 Å². The summed E-state index contributed by atoms with van der Waals surface area (Å²) in [7, 11) is 0. The maximum atomic E-state index is 13.2. The second-order valence-corrected chi connectivity index (χ2v) is 8.65. The number of hydrogen-bond acceptors (Lipinski definition) is 5. The molecule has 1 aromatic carbocycles. The number of amides is 1. The lowest BCUT2D eigenvalue weighted by Gasteiger charge is -2.09. The van der Waals surface area contributed by atoms with Gasteiger partial charge in [-0.1, -0.05) is 24.3 Å². The Hall–Kier alpha value is -3.89. The number of Topliss-reactive ketones (excluding diaryl/α,β-unsaturated/α-hetero) is 1. The third-order valence-corrected chi connectivity index (χ3v) is 6.01. The number of aromatic nitrogens is 3. The summed E-state index contributed by atoms with van der Waals surface area (Å²) in [6, 6.07) is 5.05.